The van der Waals surface area contributed by atoms with Gasteiger partial charge >= 0.3 is 0 Å². The van der Waals surface area contributed by atoms with Crippen molar-refractivity contribution < 1.29 is 9.53 Å². The summed E-state index contributed by atoms with van der Waals surface area (Å²) in [5.41, 5.74) is 1.76. The number of aryl methyl sites for hydroxylation is 1. The van der Waals surface area contributed by atoms with Gasteiger partial charge in [0.25, 0.3) is 0 Å². The van der Waals surface area contributed by atoms with Crippen LogP contribution in [0.1, 0.15) is 44.4 Å². The van der Waals surface area contributed by atoms with Gasteiger partial charge in [-0.15, -0.1) is 0 Å². The standard InChI is InChI=1S/C15H20N2O2/c1-9-6-16-7-11-12-5-10(19-13(9)11)8-17(12)14(18)15(2,3)4/h6-7,10,12H,5,8H2,1-4H3/t10-,12-/m0/s1. The van der Waals surface area contributed by atoms with E-state index >= 15 is 0 Å². The molecule has 2 aliphatic rings. The number of rotatable bonds is 0. The third-order valence-corrected chi connectivity index (χ3v) is 3.91. The van der Waals surface area contributed by atoms with E-state index in [1.54, 1.807) is 0 Å². The number of likely N-dealkylation sites (tertiary alicyclic amines) is 1. The normalized spacial score (nSPS) is 24.9. The number of pyridine rings is 1. The fourth-order valence-corrected chi connectivity index (χ4v) is 2.97. The van der Waals surface area contributed by atoms with Gasteiger partial charge < -0.3 is 9.64 Å². The van der Waals surface area contributed by atoms with Crippen LogP contribution >= 0.6 is 0 Å². The van der Waals surface area contributed by atoms with E-state index in [0.717, 1.165) is 23.3 Å². The molecule has 1 fully saturated rings. The van der Waals surface area contributed by atoms with E-state index in [1.807, 2.05) is 45.0 Å². The highest BCUT2D eigenvalue weighted by molar-refractivity contribution is 5.82. The fourth-order valence-electron chi connectivity index (χ4n) is 2.97. The van der Waals surface area contributed by atoms with Crippen LogP contribution < -0.4 is 4.74 Å². The van der Waals surface area contributed by atoms with Gasteiger partial charge in [0.2, 0.25) is 5.91 Å². The van der Waals surface area contributed by atoms with Crippen LogP contribution in [0.5, 0.6) is 5.75 Å². The maximum Gasteiger partial charge on any atom is 0.228 e. The van der Waals surface area contributed by atoms with Crippen molar-refractivity contribution in [2.45, 2.75) is 46.3 Å². The first kappa shape index (κ1) is 12.5. The molecular weight excluding hydrogens is 240 g/mol. The molecule has 102 valence electrons. The second kappa shape index (κ2) is 3.95. The van der Waals surface area contributed by atoms with Crippen molar-refractivity contribution >= 4 is 5.91 Å². The predicted molar refractivity (Wildman–Crippen MR) is 71.9 cm³/mol. The van der Waals surface area contributed by atoms with Crippen LogP contribution in [0.25, 0.3) is 0 Å². The first-order valence-electron chi connectivity index (χ1n) is 6.80. The highest BCUT2D eigenvalue weighted by Gasteiger charge is 2.45. The molecule has 4 heteroatoms. The molecule has 3 heterocycles. The van der Waals surface area contributed by atoms with Gasteiger partial charge in [0.15, 0.2) is 0 Å². The molecule has 1 aromatic heterocycles. The number of hydrogen-bond donors (Lipinski definition) is 0. The fraction of sp³-hybridized carbons (Fsp3) is 0.600. The van der Waals surface area contributed by atoms with Crippen molar-refractivity contribution in [3.63, 3.8) is 0 Å². The molecule has 0 N–H and O–H groups in total. The second-order valence-corrected chi connectivity index (χ2v) is 6.57. The molecule has 0 spiro atoms. The predicted octanol–water partition coefficient (Wildman–Crippen LogP) is 2.47. The lowest BCUT2D eigenvalue weighted by Crippen LogP contribution is -2.39. The van der Waals surface area contributed by atoms with Crippen molar-refractivity contribution in [2.24, 2.45) is 5.41 Å². The van der Waals surface area contributed by atoms with E-state index in [2.05, 4.69) is 4.98 Å². The third kappa shape index (κ3) is 1.90. The Morgan fingerprint density at radius 1 is 1.42 bits per heavy atom. The van der Waals surface area contributed by atoms with Crippen LogP contribution in [0.15, 0.2) is 12.4 Å². The van der Waals surface area contributed by atoms with E-state index in [-0.39, 0.29) is 23.5 Å². The number of carbonyl (C=O) groups excluding carboxylic acids is 1. The number of nitrogens with zero attached hydrogens (tertiary/aromatic N) is 2. The number of carbonyl (C=O) groups is 1. The first-order chi connectivity index (χ1) is 8.88. The van der Waals surface area contributed by atoms with E-state index < -0.39 is 0 Å². The molecule has 2 aliphatic heterocycles. The zero-order chi connectivity index (χ0) is 13.8. The van der Waals surface area contributed by atoms with Gasteiger partial charge in [0, 0.05) is 35.4 Å². The van der Waals surface area contributed by atoms with Gasteiger partial charge in [0.1, 0.15) is 11.9 Å². The van der Waals surface area contributed by atoms with Crippen LogP contribution in [-0.4, -0.2) is 28.4 Å². The Hall–Kier alpha value is -1.58. The van der Waals surface area contributed by atoms with Crippen molar-refractivity contribution in [3.8, 4) is 5.75 Å². The molecule has 0 saturated carbocycles. The second-order valence-electron chi connectivity index (χ2n) is 6.57. The topological polar surface area (TPSA) is 42.4 Å². The Labute approximate surface area is 113 Å². The summed E-state index contributed by atoms with van der Waals surface area (Å²) >= 11 is 0. The quantitative estimate of drug-likeness (QED) is 0.719. The van der Waals surface area contributed by atoms with Crippen LogP contribution in [0.3, 0.4) is 0 Å². The van der Waals surface area contributed by atoms with Gasteiger partial charge in [-0.25, -0.2) is 0 Å². The molecule has 2 bridgehead atoms. The number of hydrogen-bond acceptors (Lipinski definition) is 3. The van der Waals surface area contributed by atoms with Gasteiger partial charge in [-0.1, -0.05) is 20.8 Å². The van der Waals surface area contributed by atoms with Crippen molar-refractivity contribution in [1.82, 2.24) is 9.88 Å². The van der Waals surface area contributed by atoms with Crippen LogP contribution in [0, 0.1) is 12.3 Å². The minimum Gasteiger partial charge on any atom is -0.488 e. The first-order valence-corrected chi connectivity index (χ1v) is 6.80. The highest BCUT2D eigenvalue weighted by Crippen LogP contribution is 2.45. The number of fused-ring (bicyclic) bond motifs is 4. The van der Waals surface area contributed by atoms with Gasteiger partial charge in [0.05, 0.1) is 12.6 Å². The summed E-state index contributed by atoms with van der Waals surface area (Å²) < 4.78 is 6.01. The Bertz CT molecular complexity index is 533. The summed E-state index contributed by atoms with van der Waals surface area (Å²) in [7, 11) is 0. The molecule has 2 atom stereocenters. The van der Waals surface area contributed by atoms with Crippen molar-refractivity contribution in [3.05, 3.63) is 23.5 Å². The van der Waals surface area contributed by atoms with E-state index in [0.29, 0.717) is 6.54 Å². The molecule has 1 aromatic rings. The molecule has 4 nitrogen and oxygen atoms in total. The molecule has 0 aromatic carbocycles. The summed E-state index contributed by atoms with van der Waals surface area (Å²) in [5, 5.41) is 0. The lowest BCUT2D eigenvalue weighted by atomic mass is 9.93. The summed E-state index contributed by atoms with van der Waals surface area (Å²) in [4.78, 5) is 18.8. The minimum absolute atomic E-state index is 0.130. The lowest BCUT2D eigenvalue weighted by Gasteiger charge is -2.31. The number of ether oxygens (including phenoxy) is 1. The minimum atomic E-state index is -0.352. The van der Waals surface area contributed by atoms with E-state index in [9.17, 15) is 4.79 Å². The Balaban J connectivity index is 2.00. The van der Waals surface area contributed by atoms with E-state index in [4.69, 9.17) is 4.74 Å². The zero-order valence-corrected chi connectivity index (χ0v) is 11.9. The average molecular weight is 260 g/mol. The zero-order valence-electron chi connectivity index (χ0n) is 11.9. The third-order valence-electron chi connectivity index (χ3n) is 3.91. The van der Waals surface area contributed by atoms with Gasteiger partial charge in [-0.2, -0.15) is 0 Å². The van der Waals surface area contributed by atoms with Gasteiger partial charge in [-0.3, -0.25) is 9.78 Å². The summed E-state index contributed by atoms with van der Waals surface area (Å²) in [5.74, 6) is 1.12. The van der Waals surface area contributed by atoms with Gasteiger partial charge in [-0.05, 0) is 6.92 Å². The smallest absolute Gasteiger partial charge is 0.228 e. The summed E-state index contributed by atoms with van der Waals surface area (Å²) in [6.45, 7) is 8.59. The maximum atomic E-state index is 12.6. The molecule has 0 radical (unpaired) electrons. The monoisotopic (exact) mass is 260 g/mol. The Morgan fingerprint density at radius 3 is 2.84 bits per heavy atom. The molecule has 0 aliphatic carbocycles. The molecular formula is C15H20N2O2. The van der Waals surface area contributed by atoms with Crippen molar-refractivity contribution in [1.29, 1.82) is 0 Å². The summed E-state index contributed by atoms with van der Waals surface area (Å²) in [6, 6.07) is 0.132. The van der Waals surface area contributed by atoms with Crippen LogP contribution in [0.4, 0.5) is 0 Å². The Morgan fingerprint density at radius 2 is 2.16 bits per heavy atom. The number of aromatic nitrogens is 1. The number of amides is 1. The molecule has 19 heavy (non-hydrogen) atoms. The molecule has 1 saturated heterocycles. The van der Waals surface area contributed by atoms with Crippen LogP contribution in [0.2, 0.25) is 0 Å². The Kier molecular flexibility index (Phi) is 2.59. The van der Waals surface area contributed by atoms with Crippen LogP contribution in [-0.2, 0) is 4.79 Å². The summed E-state index contributed by atoms with van der Waals surface area (Å²) in [6.07, 6.45) is 4.68. The lowest BCUT2D eigenvalue weighted by molar-refractivity contribution is -0.140. The largest absolute Gasteiger partial charge is 0.488 e. The highest BCUT2D eigenvalue weighted by atomic mass is 16.5. The average Bonchev–Trinajstić information content (AvgIpc) is 2.67. The molecule has 1 amide bonds. The molecule has 0 unspecified atom stereocenters. The van der Waals surface area contributed by atoms with E-state index in [1.165, 1.54) is 0 Å². The maximum absolute atomic E-state index is 12.6. The molecule has 3 rings (SSSR count). The van der Waals surface area contributed by atoms with Crippen molar-refractivity contribution in [2.75, 3.05) is 6.54 Å². The SMILES string of the molecule is Cc1cncc2c1O[C@H]1C[C@@H]2N(C(=O)C(C)(C)C)C1.